The average molecular weight is 296 g/mol. The van der Waals surface area contributed by atoms with Crippen molar-refractivity contribution in [3.8, 4) is 17.0 Å². The number of aromatic amines is 1. The zero-order chi connectivity index (χ0) is 12.6. The SMILES string of the molecule is CC(C)c1cc(O)c(-c2cc(N)n[nH]2)cc1Br. The molecule has 17 heavy (non-hydrogen) atoms. The molecule has 4 nitrogen and oxygen atoms in total. The van der Waals surface area contributed by atoms with Gasteiger partial charge in [-0.2, -0.15) is 5.10 Å². The van der Waals surface area contributed by atoms with Gasteiger partial charge in [0.25, 0.3) is 0 Å². The number of benzene rings is 1. The van der Waals surface area contributed by atoms with Crippen molar-refractivity contribution in [3.63, 3.8) is 0 Å². The number of H-pyrrole nitrogens is 1. The van der Waals surface area contributed by atoms with Crippen molar-refractivity contribution in [2.24, 2.45) is 0 Å². The number of nitrogens with one attached hydrogen (secondary N) is 1. The number of anilines is 1. The topological polar surface area (TPSA) is 74.9 Å². The van der Waals surface area contributed by atoms with Gasteiger partial charge in [-0.15, -0.1) is 0 Å². The van der Waals surface area contributed by atoms with Gasteiger partial charge in [0.2, 0.25) is 0 Å². The van der Waals surface area contributed by atoms with Crippen molar-refractivity contribution in [2.75, 3.05) is 5.73 Å². The summed E-state index contributed by atoms with van der Waals surface area (Å²) in [6.07, 6.45) is 0. The Bertz CT molecular complexity index is 549. The molecular weight excluding hydrogens is 282 g/mol. The molecule has 0 bridgehead atoms. The van der Waals surface area contributed by atoms with Crippen molar-refractivity contribution in [1.82, 2.24) is 10.2 Å². The second kappa shape index (κ2) is 4.41. The first-order chi connectivity index (χ1) is 7.99. The summed E-state index contributed by atoms with van der Waals surface area (Å²) in [6.45, 7) is 4.15. The van der Waals surface area contributed by atoms with Crippen LogP contribution in [0.25, 0.3) is 11.3 Å². The zero-order valence-electron chi connectivity index (χ0n) is 9.66. The lowest BCUT2D eigenvalue weighted by Crippen LogP contribution is -1.91. The molecule has 0 unspecified atom stereocenters. The maximum Gasteiger partial charge on any atom is 0.145 e. The van der Waals surface area contributed by atoms with Crippen molar-refractivity contribution < 1.29 is 5.11 Å². The van der Waals surface area contributed by atoms with Crippen LogP contribution in [0.4, 0.5) is 5.82 Å². The number of rotatable bonds is 2. The monoisotopic (exact) mass is 295 g/mol. The number of phenols is 1. The van der Waals surface area contributed by atoms with Gasteiger partial charge >= 0.3 is 0 Å². The van der Waals surface area contributed by atoms with Gasteiger partial charge in [-0.25, -0.2) is 0 Å². The molecular formula is C12H14BrN3O. The molecule has 90 valence electrons. The van der Waals surface area contributed by atoms with E-state index in [0.717, 1.165) is 10.0 Å². The Kier molecular flexibility index (Phi) is 3.11. The van der Waals surface area contributed by atoms with Gasteiger partial charge in [-0.1, -0.05) is 29.8 Å². The van der Waals surface area contributed by atoms with Crippen LogP contribution in [0, 0.1) is 0 Å². The van der Waals surface area contributed by atoms with E-state index in [1.165, 1.54) is 0 Å². The Labute approximate surface area is 108 Å². The molecule has 2 rings (SSSR count). The third-order valence-electron chi connectivity index (χ3n) is 2.62. The molecule has 0 amide bonds. The van der Waals surface area contributed by atoms with Crippen molar-refractivity contribution in [2.45, 2.75) is 19.8 Å². The zero-order valence-corrected chi connectivity index (χ0v) is 11.2. The molecule has 0 saturated heterocycles. The van der Waals surface area contributed by atoms with Gasteiger partial charge in [0.05, 0.1) is 5.69 Å². The maximum atomic E-state index is 10.0. The van der Waals surface area contributed by atoms with Crippen LogP contribution in [0.1, 0.15) is 25.3 Å². The smallest absolute Gasteiger partial charge is 0.145 e. The van der Waals surface area contributed by atoms with Crippen LogP contribution in [0.3, 0.4) is 0 Å². The molecule has 4 N–H and O–H groups in total. The maximum absolute atomic E-state index is 10.0. The van der Waals surface area contributed by atoms with E-state index in [4.69, 9.17) is 5.73 Å². The van der Waals surface area contributed by atoms with E-state index in [2.05, 4.69) is 40.0 Å². The lowest BCUT2D eigenvalue weighted by molar-refractivity contribution is 0.475. The number of nitrogen functional groups attached to an aromatic ring is 1. The molecule has 1 aromatic heterocycles. The number of aromatic hydroxyl groups is 1. The first-order valence-corrected chi connectivity index (χ1v) is 6.12. The number of phenolic OH excluding ortho intramolecular Hbond substituents is 1. The second-order valence-corrected chi connectivity index (χ2v) is 5.11. The summed E-state index contributed by atoms with van der Waals surface area (Å²) in [5.41, 5.74) is 8.01. The Morgan fingerprint density at radius 2 is 2.06 bits per heavy atom. The van der Waals surface area contributed by atoms with Crippen molar-refractivity contribution in [1.29, 1.82) is 0 Å². The van der Waals surface area contributed by atoms with Crippen LogP contribution in [-0.4, -0.2) is 15.3 Å². The number of hydrogen-bond donors (Lipinski definition) is 3. The molecule has 0 aliphatic rings. The summed E-state index contributed by atoms with van der Waals surface area (Å²) in [5, 5.41) is 16.6. The molecule has 0 fully saturated rings. The molecule has 0 radical (unpaired) electrons. The highest BCUT2D eigenvalue weighted by atomic mass is 79.9. The van der Waals surface area contributed by atoms with Gasteiger partial charge in [-0.3, -0.25) is 5.10 Å². The van der Waals surface area contributed by atoms with Crippen LogP contribution in [0.5, 0.6) is 5.75 Å². The third-order valence-corrected chi connectivity index (χ3v) is 3.31. The summed E-state index contributed by atoms with van der Waals surface area (Å²) in [6, 6.07) is 5.33. The molecule has 5 heteroatoms. The Morgan fingerprint density at radius 3 is 2.59 bits per heavy atom. The molecule has 0 saturated carbocycles. The minimum absolute atomic E-state index is 0.223. The van der Waals surface area contributed by atoms with E-state index < -0.39 is 0 Å². The second-order valence-electron chi connectivity index (χ2n) is 4.25. The molecule has 0 aliphatic carbocycles. The normalized spacial score (nSPS) is 11.1. The van der Waals surface area contributed by atoms with E-state index in [-0.39, 0.29) is 5.75 Å². The van der Waals surface area contributed by atoms with E-state index in [0.29, 0.717) is 23.0 Å². The number of halogens is 1. The van der Waals surface area contributed by atoms with Gasteiger partial charge in [0.15, 0.2) is 0 Å². The highest BCUT2D eigenvalue weighted by Gasteiger charge is 2.13. The molecule has 1 heterocycles. The van der Waals surface area contributed by atoms with Crippen LogP contribution in [0.15, 0.2) is 22.7 Å². The Balaban J connectivity index is 2.54. The molecule has 0 spiro atoms. The highest BCUT2D eigenvalue weighted by molar-refractivity contribution is 9.10. The lowest BCUT2D eigenvalue weighted by Gasteiger charge is -2.11. The van der Waals surface area contributed by atoms with Gasteiger partial charge in [0, 0.05) is 16.1 Å². The Morgan fingerprint density at radius 1 is 1.35 bits per heavy atom. The van der Waals surface area contributed by atoms with E-state index in [1.807, 2.05) is 6.07 Å². The molecule has 0 atom stereocenters. The third kappa shape index (κ3) is 2.29. The van der Waals surface area contributed by atoms with Crippen LogP contribution in [0.2, 0.25) is 0 Å². The van der Waals surface area contributed by atoms with Crippen LogP contribution in [-0.2, 0) is 0 Å². The highest BCUT2D eigenvalue weighted by Crippen LogP contribution is 2.36. The predicted molar refractivity (Wildman–Crippen MR) is 71.9 cm³/mol. The quantitative estimate of drug-likeness (QED) is 0.796. The van der Waals surface area contributed by atoms with E-state index in [1.54, 1.807) is 12.1 Å². The fourth-order valence-corrected chi connectivity index (χ4v) is 2.51. The van der Waals surface area contributed by atoms with Crippen molar-refractivity contribution in [3.05, 3.63) is 28.2 Å². The lowest BCUT2D eigenvalue weighted by atomic mass is 10.00. The minimum Gasteiger partial charge on any atom is -0.507 e. The fourth-order valence-electron chi connectivity index (χ4n) is 1.71. The van der Waals surface area contributed by atoms with Crippen LogP contribution < -0.4 is 5.73 Å². The number of nitrogens with zero attached hydrogens (tertiary/aromatic N) is 1. The molecule has 0 aliphatic heterocycles. The van der Waals surface area contributed by atoms with Gasteiger partial charge in [-0.05, 0) is 23.6 Å². The van der Waals surface area contributed by atoms with Gasteiger partial charge < -0.3 is 10.8 Å². The molecule has 2 aromatic rings. The Hall–Kier alpha value is -1.49. The summed E-state index contributed by atoms with van der Waals surface area (Å²) >= 11 is 3.51. The predicted octanol–water partition coefficient (Wildman–Crippen LogP) is 3.25. The van der Waals surface area contributed by atoms with Crippen molar-refractivity contribution >= 4 is 21.7 Å². The fraction of sp³-hybridized carbons (Fsp3) is 0.250. The first-order valence-electron chi connectivity index (χ1n) is 5.32. The summed E-state index contributed by atoms with van der Waals surface area (Å²) in [7, 11) is 0. The van der Waals surface area contributed by atoms with Gasteiger partial charge in [0.1, 0.15) is 11.6 Å². The van der Waals surface area contributed by atoms with Crippen LogP contribution >= 0.6 is 15.9 Å². The number of nitrogens with two attached hydrogens (primary N) is 1. The summed E-state index contributed by atoms with van der Waals surface area (Å²) < 4.78 is 0.966. The number of aromatic nitrogens is 2. The minimum atomic E-state index is 0.223. The number of hydrogen-bond acceptors (Lipinski definition) is 3. The molecule has 1 aromatic carbocycles. The standard InChI is InChI=1S/C12H14BrN3O/c1-6(2)7-4-11(17)8(3-9(7)13)10-5-12(14)16-15-10/h3-6,17H,1-2H3,(H3,14,15,16). The summed E-state index contributed by atoms with van der Waals surface area (Å²) in [5.74, 6) is 0.972. The van der Waals surface area contributed by atoms with E-state index in [9.17, 15) is 5.11 Å². The largest absolute Gasteiger partial charge is 0.507 e. The first kappa shape index (κ1) is 12.0. The van der Waals surface area contributed by atoms with E-state index >= 15 is 0 Å². The summed E-state index contributed by atoms with van der Waals surface area (Å²) in [4.78, 5) is 0. The average Bonchev–Trinajstić information content (AvgIpc) is 2.67.